The fourth-order valence-corrected chi connectivity index (χ4v) is 4.58. The third-order valence-corrected chi connectivity index (χ3v) is 6.17. The zero-order valence-corrected chi connectivity index (χ0v) is 15.5. The molecule has 3 nitrogen and oxygen atoms in total. The van der Waals surface area contributed by atoms with E-state index in [0.29, 0.717) is 0 Å². The van der Waals surface area contributed by atoms with Gasteiger partial charge >= 0.3 is 0 Å². The Balaban J connectivity index is 1.81. The first-order valence-electron chi connectivity index (χ1n) is 8.63. The first kappa shape index (κ1) is 17.0. The summed E-state index contributed by atoms with van der Waals surface area (Å²) in [5.74, 6) is 0.929. The van der Waals surface area contributed by atoms with Gasteiger partial charge in [0.1, 0.15) is 5.75 Å². The van der Waals surface area contributed by atoms with Crippen molar-refractivity contribution >= 4 is 17.2 Å². The van der Waals surface area contributed by atoms with Crippen molar-refractivity contribution in [3.8, 4) is 5.75 Å². The maximum atomic E-state index is 13.0. The second kappa shape index (κ2) is 7.39. The second-order valence-electron chi connectivity index (χ2n) is 6.45. The number of hydrogen-bond donors (Lipinski definition) is 0. The van der Waals surface area contributed by atoms with Crippen molar-refractivity contribution in [1.82, 2.24) is 4.90 Å². The molecule has 1 atom stereocenters. The maximum Gasteiger partial charge on any atom is 0.264 e. The van der Waals surface area contributed by atoms with Crippen LogP contribution < -0.4 is 4.74 Å². The third kappa shape index (κ3) is 3.34. The van der Waals surface area contributed by atoms with Gasteiger partial charge in [0.25, 0.3) is 5.91 Å². The predicted molar refractivity (Wildman–Crippen MR) is 99.1 cm³/mol. The number of fused-ring (bicyclic) bond motifs is 1. The SMILES string of the molecule is COc1ccccc1C(C)N(C)C(=O)c1cc2c(s1)CCCCC2. The molecule has 0 spiro atoms. The number of para-hydroxylation sites is 1. The molecule has 4 heteroatoms. The number of thiophene rings is 1. The van der Waals surface area contributed by atoms with Crippen molar-refractivity contribution in [3.63, 3.8) is 0 Å². The van der Waals surface area contributed by atoms with Crippen LogP contribution in [0.15, 0.2) is 30.3 Å². The van der Waals surface area contributed by atoms with E-state index in [1.807, 2.05) is 43.1 Å². The van der Waals surface area contributed by atoms with E-state index in [9.17, 15) is 4.79 Å². The summed E-state index contributed by atoms with van der Waals surface area (Å²) < 4.78 is 5.45. The van der Waals surface area contributed by atoms with Crippen LogP contribution in [-0.4, -0.2) is 25.0 Å². The number of benzene rings is 1. The minimum Gasteiger partial charge on any atom is -0.496 e. The number of carbonyl (C=O) groups is 1. The molecule has 0 saturated carbocycles. The van der Waals surface area contributed by atoms with Gasteiger partial charge in [-0.1, -0.05) is 24.6 Å². The highest BCUT2D eigenvalue weighted by molar-refractivity contribution is 7.14. The molecule has 0 aliphatic heterocycles. The van der Waals surface area contributed by atoms with Gasteiger partial charge in [-0.25, -0.2) is 0 Å². The molecule has 24 heavy (non-hydrogen) atoms. The molecule has 0 bridgehead atoms. The Morgan fingerprint density at radius 2 is 1.96 bits per heavy atom. The van der Waals surface area contributed by atoms with Gasteiger partial charge in [-0.2, -0.15) is 0 Å². The Hall–Kier alpha value is -1.81. The third-order valence-electron chi connectivity index (χ3n) is 4.95. The van der Waals surface area contributed by atoms with Crippen LogP contribution >= 0.6 is 11.3 Å². The normalized spacial score (nSPS) is 15.3. The number of hydrogen-bond acceptors (Lipinski definition) is 3. The van der Waals surface area contributed by atoms with Crippen molar-refractivity contribution in [2.75, 3.05) is 14.2 Å². The van der Waals surface area contributed by atoms with Gasteiger partial charge < -0.3 is 9.64 Å². The highest BCUT2D eigenvalue weighted by Gasteiger charge is 2.24. The molecule has 0 fully saturated rings. The van der Waals surface area contributed by atoms with Crippen LogP contribution in [0, 0.1) is 0 Å². The first-order valence-corrected chi connectivity index (χ1v) is 9.45. The highest BCUT2D eigenvalue weighted by atomic mass is 32.1. The molecule has 1 aliphatic carbocycles. The molecule has 1 heterocycles. The summed E-state index contributed by atoms with van der Waals surface area (Å²) in [6, 6.07) is 10.00. The number of ether oxygens (including phenoxy) is 1. The summed E-state index contributed by atoms with van der Waals surface area (Å²) in [4.78, 5) is 17.1. The molecule has 2 aromatic rings. The standard InChI is InChI=1S/C20H25NO2S/c1-14(16-10-7-8-11-17(16)23-3)21(2)20(22)19-13-15-9-5-4-6-12-18(15)24-19/h7-8,10-11,13-14H,4-6,9,12H2,1-3H3. The minimum absolute atomic E-state index is 0.0319. The minimum atomic E-state index is -0.0319. The van der Waals surface area contributed by atoms with E-state index < -0.39 is 0 Å². The molecule has 3 rings (SSSR count). The van der Waals surface area contributed by atoms with Crippen molar-refractivity contribution in [3.05, 3.63) is 51.2 Å². The Bertz CT molecular complexity index is 699. The van der Waals surface area contributed by atoms with Crippen LogP contribution in [0.2, 0.25) is 0 Å². The molecule has 1 aliphatic rings. The molecule has 1 aromatic carbocycles. The highest BCUT2D eigenvalue weighted by Crippen LogP contribution is 2.33. The zero-order chi connectivity index (χ0) is 17.1. The summed E-state index contributed by atoms with van der Waals surface area (Å²) in [5.41, 5.74) is 2.42. The van der Waals surface area contributed by atoms with Crippen molar-refractivity contribution in [2.45, 2.75) is 45.1 Å². The van der Waals surface area contributed by atoms with Crippen LogP contribution in [0.3, 0.4) is 0 Å². The quantitative estimate of drug-likeness (QED) is 0.742. The molecule has 1 unspecified atom stereocenters. The molecule has 128 valence electrons. The van der Waals surface area contributed by atoms with Gasteiger partial charge in [-0.15, -0.1) is 11.3 Å². The lowest BCUT2D eigenvalue weighted by atomic mass is 10.1. The van der Waals surface area contributed by atoms with Gasteiger partial charge in [0.15, 0.2) is 0 Å². The van der Waals surface area contributed by atoms with E-state index in [2.05, 4.69) is 6.07 Å². The lowest BCUT2D eigenvalue weighted by Crippen LogP contribution is -2.29. The molecule has 0 saturated heterocycles. The molecule has 1 amide bonds. The van der Waals surface area contributed by atoms with Crippen molar-refractivity contribution in [2.24, 2.45) is 0 Å². The van der Waals surface area contributed by atoms with Gasteiger partial charge in [-0.05, 0) is 50.3 Å². The lowest BCUT2D eigenvalue weighted by Gasteiger charge is -2.26. The van der Waals surface area contributed by atoms with Crippen LogP contribution in [0.4, 0.5) is 0 Å². The Kier molecular flexibility index (Phi) is 5.24. The summed E-state index contributed by atoms with van der Waals surface area (Å²) in [6.45, 7) is 2.05. The van der Waals surface area contributed by atoms with Gasteiger partial charge in [0.2, 0.25) is 0 Å². The number of aryl methyl sites for hydroxylation is 2. The van der Waals surface area contributed by atoms with E-state index >= 15 is 0 Å². The van der Waals surface area contributed by atoms with Crippen LogP contribution in [0.5, 0.6) is 5.75 Å². The van der Waals surface area contributed by atoms with E-state index in [0.717, 1.165) is 29.0 Å². The molecule has 0 N–H and O–H groups in total. The topological polar surface area (TPSA) is 29.5 Å². The first-order chi connectivity index (χ1) is 11.6. The summed E-state index contributed by atoms with van der Waals surface area (Å²) >= 11 is 1.69. The Labute approximate surface area is 148 Å². The number of amides is 1. The summed E-state index contributed by atoms with van der Waals surface area (Å²) in [5, 5.41) is 0. The van der Waals surface area contributed by atoms with E-state index in [-0.39, 0.29) is 11.9 Å². The number of methoxy groups -OCH3 is 1. The average Bonchev–Trinajstić information content (AvgIpc) is 2.90. The molecule has 1 aromatic heterocycles. The van der Waals surface area contributed by atoms with Crippen LogP contribution in [0.25, 0.3) is 0 Å². The Morgan fingerprint density at radius 3 is 2.75 bits per heavy atom. The fraction of sp³-hybridized carbons (Fsp3) is 0.450. The molecular weight excluding hydrogens is 318 g/mol. The van der Waals surface area contributed by atoms with E-state index in [1.165, 1.54) is 29.7 Å². The number of rotatable bonds is 4. The van der Waals surface area contributed by atoms with Gasteiger partial charge in [0.05, 0.1) is 18.0 Å². The average molecular weight is 343 g/mol. The largest absolute Gasteiger partial charge is 0.496 e. The van der Waals surface area contributed by atoms with Crippen molar-refractivity contribution < 1.29 is 9.53 Å². The summed E-state index contributed by atoms with van der Waals surface area (Å²) in [7, 11) is 3.55. The zero-order valence-electron chi connectivity index (χ0n) is 14.7. The van der Waals surface area contributed by atoms with E-state index in [4.69, 9.17) is 4.74 Å². The molecular formula is C20H25NO2S. The van der Waals surface area contributed by atoms with Crippen LogP contribution in [-0.2, 0) is 12.8 Å². The smallest absolute Gasteiger partial charge is 0.264 e. The monoisotopic (exact) mass is 343 g/mol. The van der Waals surface area contributed by atoms with Crippen molar-refractivity contribution in [1.29, 1.82) is 0 Å². The fourth-order valence-electron chi connectivity index (χ4n) is 3.34. The molecule has 0 radical (unpaired) electrons. The lowest BCUT2D eigenvalue weighted by molar-refractivity contribution is 0.0746. The van der Waals surface area contributed by atoms with Gasteiger partial charge in [-0.3, -0.25) is 4.79 Å². The number of nitrogens with zero attached hydrogens (tertiary/aromatic N) is 1. The van der Waals surface area contributed by atoms with Crippen LogP contribution in [0.1, 0.15) is 57.9 Å². The Morgan fingerprint density at radius 1 is 1.21 bits per heavy atom. The second-order valence-corrected chi connectivity index (χ2v) is 7.59. The predicted octanol–water partition coefficient (Wildman–Crippen LogP) is 4.86. The van der Waals surface area contributed by atoms with Gasteiger partial charge in [0, 0.05) is 17.5 Å². The number of carbonyl (C=O) groups excluding carboxylic acids is 1. The summed E-state index contributed by atoms with van der Waals surface area (Å²) in [6.07, 6.45) is 6.03. The van der Waals surface area contributed by atoms with E-state index in [1.54, 1.807) is 18.4 Å². The maximum absolute atomic E-state index is 13.0.